The molecule has 0 saturated carbocycles. The van der Waals surface area contributed by atoms with Gasteiger partial charge in [0.25, 0.3) is 5.91 Å². The molecule has 0 spiro atoms. The fraction of sp³-hybridized carbons (Fsp3) is 0.700. The highest BCUT2D eigenvalue weighted by Gasteiger charge is 2.26. The van der Waals surface area contributed by atoms with Gasteiger partial charge < -0.3 is 40.8 Å². The summed E-state index contributed by atoms with van der Waals surface area (Å²) in [4.78, 5) is 37.2. The highest BCUT2D eigenvalue weighted by atomic mass is 16.5. The Hall–Kier alpha value is -3.05. The average Bonchev–Trinajstić information content (AvgIpc) is 2.96. The number of carboxylic acid groups (broad SMARTS) is 1. The Balaban J connectivity index is 2.80. The Kier molecular flexibility index (Phi) is 19.8. The summed E-state index contributed by atoms with van der Waals surface area (Å²) in [6.07, 6.45) is 11.1. The number of nitrogens with one attached hydrogen (secondary N) is 1. The van der Waals surface area contributed by atoms with Crippen molar-refractivity contribution in [1.29, 1.82) is 0 Å². The van der Waals surface area contributed by atoms with E-state index >= 15 is 0 Å². The summed E-state index contributed by atoms with van der Waals surface area (Å²) in [6.45, 7) is 5.38. The number of benzene rings is 1. The molecule has 234 valence electrons. The van der Waals surface area contributed by atoms with E-state index in [1.807, 2.05) is 0 Å². The zero-order valence-corrected chi connectivity index (χ0v) is 24.9. The molecule has 1 atom stereocenters. The van der Waals surface area contributed by atoms with E-state index in [1.165, 1.54) is 50.7 Å². The Morgan fingerprint density at radius 1 is 0.805 bits per heavy atom. The number of esters is 1. The predicted molar refractivity (Wildman–Crippen MR) is 158 cm³/mol. The molecule has 0 fully saturated rings. The summed E-state index contributed by atoms with van der Waals surface area (Å²) in [7, 11) is 0. The van der Waals surface area contributed by atoms with Crippen LogP contribution in [0, 0.1) is 0 Å². The van der Waals surface area contributed by atoms with Gasteiger partial charge in [0.2, 0.25) is 5.75 Å². The SMILES string of the molecule is CCCCCCCCCCCCOC(=O)C(CCC(=O)O)NC(=O)c1cc(OCCN)c(OCC)c(OCCN)c1. The van der Waals surface area contributed by atoms with Crippen molar-refractivity contribution < 1.29 is 38.4 Å². The minimum absolute atomic E-state index is 0.109. The van der Waals surface area contributed by atoms with Crippen LogP contribution in [-0.4, -0.2) is 68.5 Å². The van der Waals surface area contributed by atoms with Crippen LogP contribution in [0.25, 0.3) is 0 Å². The number of hydrogen-bond donors (Lipinski definition) is 4. The van der Waals surface area contributed by atoms with E-state index in [-0.39, 0.29) is 62.8 Å². The lowest BCUT2D eigenvalue weighted by Crippen LogP contribution is -2.42. The molecule has 11 nitrogen and oxygen atoms in total. The molecular formula is C30H51N3O8. The number of amides is 1. The number of ether oxygens (including phenoxy) is 4. The third-order valence-electron chi connectivity index (χ3n) is 6.30. The number of rotatable bonds is 25. The normalized spacial score (nSPS) is 11.5. The standard InChI is InChI=1S/C30H51N3O8/c1-3-5-6-7-8-9-10-11-12-13-18-41-30(37)24(14-15-27(34)35)33-29(36)23-21-25(39-19-16-31)28(38-4-2)26(22-23)40-20-17-32/h21-22,24H,3-20,31-32H2,1-2H3,(H,33,36)(H,34,35). The summed E-state index contributed by atoms with van der Waals surface area (Å²) in [6, 6.07) is 1.80. The highest BCUT2D eigenvalue weighted by molar-refractivity contribution is 5.98. The molecule has 11 heteroatoms. The molecule has 1 aromatic rings. The van der Waals surface area contributed by atoms with Crippen molar-refractivity contribution in [3.63, 3.8) is 0 Å². The lowest BCUT2D eigenvalue weighted by Gasteiger charge is -2.20. The number of hydrogen-bond acceptors (Lipinski definition) is 9. The number of unbranched alkanes of at least 4 members (excludes halogenated alkanes) is 9. The van der Waals surface area contributed by atoms with E-state index in [4.69, 9.17) is 35.5 Å². The van der Waals surface area contributed by atoms with Crippen LogP contribution in [0.5, 0.6) is 17.2 Å². The molecule has 1 amide bonds. The lowest BCUT2D eigenvalue weighted by atomic mass is 10.1. The summed E-state index contributed by atoms with van der Waals surface area (Å²) < 4.78 is 22.5. The van der Waals surface area contributed by atoms with E-state index in [0.29, 0.717) is 18.8 Å². The minimum Gasteiger partial charge on any atom is -0.488 e. The molecule has 0 saturated heterocycles. The maximum Gasteiger partial charge on any atom is 0.328 e. The smallest absolute Gasteiger partial charge is 0.328 e. The quantitative estimate of drug-likeness (QED) is 0.0969. The van der Waals surface area contributed by atoms with Crippen LogP contribution >= 0.6 is 0 Å². The Morgan fingerprint density at radius 2 is 1.34 bits per heavy atom. The molecule has 0 radical (unpaired) electrons. The van der Waals surface area contributed by atoms with Crippen LogP contribution in [0.2, 0.25) is 0 Å². The number of carbonyl (C=O) groups is 3. The molecule has 1 aromatic carbocycles. The average molecular weight is 582 g/mol. The maximum atomic E-state index is 13.2. The molecule has 0 aliphatic heterocycles. The highest BCUT2D eigenvalue weighted by Crippen LogP contribution is 2.39. The number of nitrogens with two attached hydrogens (primary N) is 2. The van der Waals surface area contributed by atoms with Gasteiger partial charge in [-0.05, 0) is 31.9 Å². The minimum atomic E-state index is -1.13. The van der Waals surface area contributed by atoms with Crippen molar-refractivity contribution in [3.8, 4) is 17.2 Å². The van der Waals surface area contributed by atoms with Crippen molar-refractivity contribution >= 4 is 17.8 Å². The van der Waals surface area contributed by atoms with Crippen molar-refractivity contribution in [3.05, 3.63) is 17.7 Å². The van der Waals surface area contributed by atoms with E-state index in [1.54, 1.807) is 6.92 Å². The molecule has 41 heavy (non-hydrogen) atoms. The van der Waals surface area contributed by atoms with Crippen molar-refractivity contribution in [2.45, 2.75) is 96.9 Å². The van der Waals surface area contributed by atoms with Crippen LogP contribution in [0.1, 0.15) is 101 Å². The fourth-order valence-corrected chi connectivity index (χ4v) is 4.17. The molecule has 1 rings (SSSR count). The third kappa shape index (κ3) is 15.5. The van der Waals surface area contributed by atoms with Crippen molar-refractivity contribution in [2.24, 2.45) is 11.5 Å². The van der Waals surface area contributed by atoms with Crippen molar-refractivity contribution in [2.75, 3.05) is 39.5 Å². The third-order valence-corrected chi connectivity index (χ3v) is 6.30. The second-order valence-electron chi connectivity index (χ2n) is 9.82. The van der Waals surface area contributed by atoms with Gasteiger partial charge in [0, 0.05) is 25.1 Å². The first kappa shape index (κ1) is 36.0. The monoisotopic (exact) mass is 581 g/mol. The predicted octanol–water partition coefficient (Wildman–Crippen LogP) is 4.19. The van der Waals surface area contributed by atoms with E-state index in [0.717, 1.165) is 19.3 Å². The van der Waals surface area contributed by atoms with Crippen LogP contribution in [0.3, 0.4) is 0 Å². The lowest BCUT2D eigenvalue weighted by molar-refractivity contribution is -0.146. The van der Waals surface area contributed by atoms with Crippen LogP contribution < -0.4 is 31.0 Å². The molecule has 0 aliphatic rings. The van der Waals surface area contributed by atoms with E-state index < -0.39 is 23.9 Å². The molecule has 0 bridgehead atoms. The first-order valence-corrected chi connectivity index (χ1v) is 15.0. The molecule has 6 N–H and O–H groups in total. The summed E-state index contributed by atoms with van der Waals surface area (Å²) >= 11 is 0. The molecule has 1 unspecified atom stereocenters. The Labute approximate surface area is 244 Å². The summed E-state index contributed by atoms with van der Waals surface area (Å²) in [5.74, 6) is -1.55. The van der Waals surface area contributed by atoms with Crippen LogP contribution in [0.4, 0.5) is 0 Å². The zero-order valence-electron chi connectivity index (χ0n) is 24.9. The maximum absolute atomic E-state index is 13.2. The first-order valence-electron chi connectivity index (χ1n) is 15.0. The van der Waals surface area contributed by atoms with E-state index in [9.17, 15) is 14.4 Å². The van der Waals surface area contributed by atoms with E-state index in [2.05, 4.69) is 12.2 Å². The van der Waals surface area contributed by atoms with Gasteiger partial charge in [-0.3, -0.25) is 9.59 Å². The Morgan fingerprint density at radius 3 is 1.83 bits per heavy atom. The fourth-order valence-electron chi connectivity index (χ4n) is 4.17. The van der Waals surface area contributed by atoms with Crippen LogP contribution in [0.15, 0.2) is 12.1 Å². The van der Waals surface area contributed by atoms with Gasteiger partial charge in [-0.2, -0.15) is 0 Å². The summed E-state index contributed by atoms with van der Waals surface area (Å²) in [5, 5.41) is 11.8. The molecular weight excluding hydrogens is 530 g/mol. The van der Waals surface area contributed by atoms with Gasteiger partial charge in [0.1, 0.15) is 19.3 Å². The second-order valence-corrected chi connectivity index (χ2v) is 9.82. The first-order chi connectivity index (χ1) is 19.9. The van der Waals surface area contributed by atoms with Gasteiger partial charge in [-0.25, -0.2) is 4.79 Å². The van der Waals surface area contributed by atoms with Crippen LogP contribution in [-0.2, 0) is 14.3 Å². The van der Waals surface area contributed by atoms with Crippen molar-refractivity contribution in [1.82, 2.24) is 5.32 Å². The number of aliphatic carboxylic acids is 1. The molecule has 0 aromatic heterocycles. The number of carboxylic acids is 1. The molecule has 0 heterocycles. The van der Waals surface area contributed by atoms with Gasteiger partial charge >= 0.3 is 11.9 Å². The largest absolute Gasteiger partial charge is 0.488 e. The van der Waals surface area contributed by atoms with Gasteiger partial charge in [-0.1, -0.05) is 64.7 Å². The topological polar surface area (TPSA) is 172 Å². The zero-order chi connectivity index (χ0) is 30.3. The second kappa shape index (κ2) is 22.6. The Bertz CT molecular complexity index is 867. The number of carbonyl (C=O) groups excluding carboxylic acids is 2. The summed E-state index contributed by atoms with van der Waals surface area (Å²) in [5.41, 5.74) is 11.3. The van der Waals surface area contributed by atoms with Gasteiger partial charge in [0.15, 0.2) is 11.5 Å². The van der Waals surface area contributed by atoms with Gasteiger partial charge in [0.05, 0.1) is 13.2 Å². The molecule has 0 aliphatic carbocycles. The van der Waals surface area contributed by atoms with Gasteiger partial charge in [-0.15, -0.1) is 0 Å².